The van der Waals surface area contributed by atoms with Crippen LogP contribution in [-0.2, 0) is 0 Å². The van der Waals surface area contributed by atoms with Crippen molar-refractivity contribution in [2.75, 3.05) is 39.3 Å². The maximum Gasteiger partial charge on any atom is 0.0595 e. The topological polar surface area (TPSA) is 52.7 Å². The molecule has 2 atom stereocenters. The molecule has 3 N–H and O–H groups in total. The monoisotopic (exact) mass is 213 g/mol. The van der Waals surface area contributed by atoms with Gasteiger partial charge in [0.2, 0.25) is 0 Å². The number of likely N-dealkylation sites (tertiary alicyclic amines) is 2. The molecule has 4 nitrogen and oxygen atoms in total. The smallest absolute Gasteiger partial charge is 0.0595 e. The molecule has 2 rings (SSSR count). The summed E-state index contributed by atoms with van der Waals surface area (Å²) in [6, 6.07) is 0.681. The van der Waals surface area contributed by atoms with Gasteiger partial charge in [0.15, 0.2) is 0 Å². The fourth-order valence-corrected chi connectivity index (χ4v) is 2.77. The molecule has 2 unspecified atom stereocenters. The standard InChI is InChI=1S/C11H23N3O/c12-10(9-15)7-13-6-3-11(8-13)14-4-1-2-5-14/h10-11,15H,1-9,12H2. The van der Waals surface area contributed by atoms with E-state index in [1.165, 1.54) is 32.4 Å². The van der Waals surface area contributed by atoms with Crippen molar-refractivity contribution < 1.29 is 5.11 Å². The number of rotatable bonds is 4. The average molecular weight is 213 g/mol. The molecular formula is C11H23N3O. The summed E-state index contributed by atoms with van der Waals surface area (Å²) < 4.78 is 0. The van der Waals surface area contributed by atoms with Crippen molar-refractivity contribution >= 4 is 0 Å². The molecule has 0 saturated carbocycles. The van der Waals surface area contributed by atoms with Gasteiger partial charge in [-0.2, -0.15) is 0 Å². The van der Waals surface area contributed by atoms with E-state index >= 15 is 0 Å². The lowest BCUT2D eigenvalue weighted by Gasteiger charge is -2.24. The minimum Gasteiger partial charge on any atom is -0.395 e. The molecule has 0 aliphatic carbocycles. The zero-order chi connectivity index (χ0) is 10.7. The molecule has 2 heterocycles. The minimum atomic E-state index is -0.0673. The predicted molar refractivity (Wildman–Crippen MR) is 60.7 cm³/mol. The van der Waals surface area contributed by atoms with E-state index in [1.807, 2.05) is 0 Å². The van der Waals surface area contributed by atoms with Gasteiger partial charge in [0.25, 0.3) is 0 Å². The highest BCUT2D eigenvalue weighted by atomic mass is 16.3. The molecule has 2 aliphatic heterocycles. The van der Waals surface area contributed by atoms with Crippen LogP contribution in [0.4, 0.5) is 0 Å². The fraction of sp³-hybridized carbons (Fsp3) is 1.00. The Balaban J connectivity index is 1.74. The van der Waals surface area contributed by atoms with Crippen molar-refractivity contribution in [3.8, 4) is 0 Å². The van der Waals surface area contributed by atoms with Crippen LogP contribution in [0.15, 0.2) is 0 Å². The molecule has 0 radical (unpaired) electrons. The number of nitrogens with two attached hydrogens (primary N) is 1. The largest absolute Gasteiger partial charge is 0.395 e. The van der Waals surface area contributed by atoms with Crippen molar-refractivity contribution in [1.29, 1.82) is 0 Å². The van der Waals surface area contributed by atoms with Gasteiger partial charge in [-0.1, -0.05) is 0 Å². The Kier molecular flexibility index (Phi) is 3.97. The summed E-state index contributed by atoms with van der Waals surface area (Å²) in [6.07, 6.45) is 4.01. The normalized spacial score (nSPS) is 31.2. The Bertz CT molecular complexity index is 194. The van der Waals surface area contributed by atoms with Crippen LogP contribution < -0.4 is 5.73 Å². The summed E-state index contributed by atoms with van der Waals surface area (Å²) in [7, 11) is 0. The first kappa shape index (κ1) is 11.3. The SMILES string of the molecule is NC(CO)CN1CCC(N2CCCC2)C1. The second-order valence-electron chi connectivity index (χ2n) is 4.89. The maximum atomic E-state index is 8.91. The zero-order valence-corrected chi connectivity index (χ0v) is 9.44. The summed E-state index contributed by atoms with van der Waals surface area (Å²) in [5.74, 6) is 0. The molecule has 0 spiro atoms. The van der Waals surface area contributed by atoms with Gasteiger partial charge in [-0.3, -0.25) is 4.90 Å². The van der Waals surface area contributed by atoms with Gasteiger partial charge in [-0.25, -0.2) is 0 Å². The summed E-state index contributed by atoms with van der Waals surface area (Å²) in [5.41, 5.74) is 5.75. The molecule has 2 fully saturated rings. The van der Waals surface area contributed by atoms with Gasteiger partial charge in [-0.15, -0.1) is 0 Å². The molecule has 0 aromatic rings. The average Bonchev–Trinajstić information content (AvgIpc) is 2.85. The lowest BCUT2D eigenvalue weighted by molar-refractivity contribution is 0.202. The summed E-state index contributed by atoms with van der Waals surface area (Å²) in [4.78, 5) is 5.01. The Hall–Kier alpha value is -0.160. The van der Waals surface area contributed by atoms with E-state index in [0.717, 1.165) is 25.7 Å². The van der Waals surface area contributed by atoms with Crippen LogP contribution in [0.3, 0.4) is 0 Å². The Morgan fingerprint density at radius 2 is 2.00 bits per heavy atom. The van der Waals surface area contributed by atoms with Crippen LogP contribution >= 0.6 is 0 Å². The van der Waals surface area contributed by atoms with E-state index < -0.39 is 0 Å². The molecule has 0 amide bonds. The number of aliphatic hydroxyl groups excluding tert-OH is 1. The van der Waals surface area contributed by atoms with Crippen LogP contribution in [0, 0.1) is 0 Å². The second kappa shape index (κ2) is 5.25. The van der Waals surface area contributed by atoms with E-state index in [9.17, 15) is 0 Å². The Labute approximate surface area is 92.0 Å². The minimum absolute atomic E-state index is 0.0673. The van der Waals surface area contributed by atoms with Gasteiger partial charge in [-0.05, 0) is 38.9 Å². The first-order chi connectivity index (χ1) is 7.29. The van der Waals surface area contributed by atoms with E-state index in [-0.39, 0.29) is 12.6 Å². The Morgan fingerprint density at radius 1 is 1.27 bits per heavy atom. The third kappa shape index (κ3) is 2.91. The van der Waals surface area contributed by atoms with Gasteiger partial charge in [0, 0.05) is 25.2 Å². The molecule has 2 aliphatic rings. The van der Waals surface area contributed by atoms with Crippen molar-refractivity contribution in [2.45, 2.75) is 31.3 Å². The molecule has 15 heavy (non-hydrogen) atoms. The van der Waals surface area contributed by atoms with Gasteiger partial charge < -0.3 is 15.7 Å². The van der Waals surface area contributed by atoms with Crippen LogP contribution in [0.1, 0.15) is 19.3 Å². The third-order valence-corrected chi connectivity index (χ3v) is 3.63. The van der Waals surface area contributed by atoms with Crippen LogP contribution in [0.5, 0.6) is 0 Å². The first-order valence-corrected chi connectivity index (χ1v) is 6.12. The lowest BCUT2D eigenvalue weighted by Crippen LogP contribution is -2.41. The maximum absolute atomic E-state index is 8.91. The summed E-state index contributed by atoms with van der Waals surface area (Å²) in [5, 5.41) is 8.91. The highest BCUT2D eigenvalue weighted by Crippen LogP contribution is 2.20. The molecule has 0 aromatic heterocycles. The number of aliphatic hydroxyl groups is 1. The molecule has 88 valence electrons. The summed E-state index contributed by atoms with van der Waals surface area (Å²) in [6.45, 7) is 5.81. The highest BCUT2D eigenvalue weighted by molar-refractivity contribution is 4.86. The molecule has 0 bridgehead atoms. The second-order valence-corrected chi connectivity index (χ2v) is 4.89. The molecule has 0 aromatic carbocycles. The van der Waals surface area contributed by atoms with Gasteiger partial charge in [0.1, 0.15) is 0 Å². The number of nitrogens with zero attached hydrogens (tertiary/aromatic N) is 2. The van der Waals surface area contributed by atoms with E-state index in [4.69, 9.17) is 10.8 Å². The summed E-state index contributed by atoms with van der Waals surface area (Å²) >= 11 is 0. The Morgan fingerprint density at radius 3 is 2.67 bits per heavy atom. The van der Waals surface area contributed by atoms with Gasteiger partial charge >= 0.3 is 0 Å². The van der Waals surface area contributed by atoms with E-state index in [2.05, 4.69) is 9.80 Å². The zero-order valence-electron chi connectivity index (χ0n) is 9.44. The van der Waals surface area contributed by atoms with Crippen molar-refractivity contribution in [3.63, 3.8) is 0 Å². The molecule has 4 heteroatoms. The number of hydrogen-bond donors (Lipinski definition) is 2. The lowest BCUT2D eigenvalue weighted by atomic mass is 10.2. The molecular weight excluding hydrogens is 190 g/mol. The number of hydrogen-bond acceptors (Lipinski definition) is 4. The van der Waals surface area contributed by atoms with Crippen LogP contribution in [-0.4, -0.2) is 66.3 Å². The fourth-order valence-electron chi connectivity index (χ4n) is 2.77. The first-order valence-electron chi connectivity index (χ1n) is 6.12. The molecule has 2 saturated heterocycles. The van der Waals surface area contributed by atoms with Crippen LogP contribution in [0.25, 0.3) is 0 Å². The highest BCUT2D eigenvalue weighted by Gasteiger charge is 2.29. The van der Waals surface area contributed by atoms with E-state index in [1.54, 1.807) is 0 Å². The van der Waals surface area contributed by atoms with Crippen molar-refractivity contribution in [3.05, 3.63) is 0 Å². The van der Waals surface area contributed by atoms with Crippen molar-refractivity contribution in [2.24, 2.45) is 5.73 Å². The van der Waals surface area contributed by atoms with Gasteiger partial charge in [0.05, 0.1) is 6.61 Å². The van der Waals surface area contributed by atoms with Crippen LogP contribution in [0.2, 0.25) is 0 Å². The third-order valence-electron chi connectivity index (χ3n) is 3.63. The van der Waals surface area contributed by atoms with Crippen molar-refractivity contribution in [1.82, 2.24) is 9.80 Å². The quantitative estimate of drug-likeness (QED) is 0.659. The van der Waals surface area contributed by atoms with E-state index in [0.29, 0.717) is 0 Å². The predicted octanol–water partition coefficient (Wildman–Crippen LogP) is -0.524.